The first kappa shape index (κ1) is 12.6. The first-order valence-electron chi connectivity index (χ1n) is 5.86. The molecule has 2 rings (SSSR count). The van der Waals surface area contributed by atoms with E-state index in [4.69, 9.17) is 4.74 Å². The molecule has 0 spiro atoms. The Hall–Kier alpha value is -1.88. The lowest BCUT2D eigenvalue weighted by Crippen LogP contribution is -2.28. The fourth-order valence-electron chi connectivity index (χ4n) is 1.89. The molecular formula is C13H17N3O2. The molecule has 0 aliphatic carbocycles. The molecule has 0 radical (unpaired) electrons. The maximum atomic E-state index is 12.1. The molecule has 1 N–H and O–H groups in total. The van der Waals surface area contributed by atoms with Crippen LogP contribution in [-0.4, -0.2) is 35.6 Å². The van der Waals surface area contributed by atoms with Crippen molar-refractivity contribution in [1.29, 1.82) is 0 Å². The van der Waals surface area contributed by atoms with Crippen LogP contribution in [0.5, 0.6) is 0 Å². The van der Waals surface area contributed by atoms with Crippen molar-refractivity contribution in [3.63, 3.8) is 0 Å². The van der Waals surface area contributed by atoms with Crippen molar-refractivity contribution in [2.45, 2.75) is 13.8 Å². The van der Waals surface area contributed by atoms with Gasteiger partial charge in [0.05, 0.1) is 12.3 Å². The Morgan fingerprint density at radius 1 is 1.50 bits per heavy atom. The Morgan fingerprint density at radius 2 is 2.28 bits per heavy atom. The highest BCUT2D eigenvalue weighted by Crippen LogP contribution is 2.13. The number of methoxy groups -OCH3 is 1. The summed E-state index contributed by atoms with van der Waals surface area (Å²) in [4.78, 5) is 16.5. The molecule has 0 fully saturated rings. The van der Waals surface area contributed by atoms with Gasteiger partial charge in [0.25, 0.3) is 5.91 Å². The van der Waals surface area contributed by atoms with Gasteiger partial charge in [0.1, 0.15) is 11.3 Å². The Balaban J connectivity index is 2.32. The summed E-state index contributed by atoms with van der Waals surface area (Å²) < 4.78 is 6.72. The van der Waals surface area contributed by atoms with Crippen molar-refractivity contribution in [3.8, 4) is 0 Å². The van der Waals surface area contributed by atoms with E-state index in [2.05, 4.69) is 10.3 Å². The first-order valence-corrected chi connectivity index (χ1v) is 5.86. The maximum absolute atomic E-state index is 12.1. The zero-order valence-electron chi connectivity index (χ0n) is 10.9. The van der Waals surface area contributed by atoms with E-state index in [0.717, 1.165) is 16.9 Å². The van der Waals surface area contributed by atoms with Gasteiger partial charge in [-0.2, -0.15) is 0 Å². The van der Waals surface area contributed by atoms with Gasteiger partial charge in [0.2, 0.25) is 0 Å². The SMILES string of the molecule is COCCNC(=O)c1c(C)nc2cc(C)ccn12. The third kappa shape index (κ3) is 2.36. The van der Waals surface area contributed by atoms with Crippen LogP contribution in [-0.2, 0) is 4.74 Å². The average molecular weight is 247 g/mol. The molecule has 0 bridgehead atoms. The minimum Gasteiger partial charge on any atom is -0.383 e. The predicted molar refractivity (Wildman–Crippen MR) is 68.9 cm³/mol. The lowest BCUT2D eigenvalue weighted by atomic mass is 10.3. The molecule has 0 saturated carbocycles. The van der Waals surface area contributed by atoms with E-state index in [-0.39, 0.29) is 5.91 Å². The van der Waals surface area contributed by atoms with Crippen molar-refractivity contribution in [2.75, 3.05) is 20.3 Å². The quantitative estimate of drug-likeness (QED) is 0.829. The summed E-state index contributed by atoms with van der Waals surface area (Å²) in [6.07, 6.45) is 1.87. The highest BCUT2D eigenvalue weighted by molar-refractivity contribution is 5.94. The van der Waals surface area contributed by atoms with E-state index in [1.165, 1.54) is 0 Å². The number of ether oxygens (including phenoxy) is 1. The third-order valence-corrected chi connectivity index (χ3v) is 2.76. The van der Waals surface area contributed by atoms with E-state index in [1.807, 2.05) is 36.6 Å². The molecule has 2 aromatic rings. The van der Waals surface area contributed by atoms with E-state index >= 15 is 0 Å². The highest BCUT2D eigenvalue weighted by Gasteiger charge is 2.15. The topological polar surface area (TPSA) is 55.6 Å². The Morgan fingerprint density at radius 3 is 3.00 bits per heavy atom. The van der Waals surface area contributed by atoms with Crippen LogP contribution in [0.25, 0.3) is 5.65 Å². The average Bonchev–Trinajstić information content (AvgIpc) is 2.64. The van der Waals surface area contributed by atoms with Crippen LogP contribution in [0.1, 0.15) is 21.7 Å². The van der Waals surface area contributed by atoms with Gasteiger partial charge in [-0.25, -0.2) is 4.98 Å². The fourth-order valence-corrected chi connectivity index (χ4v) is 1.89. The van der Waals surface area contributed by atoms with Crippen LogP contribution in [0.2, 0.25) is 0 Å². The number of pyridine rings is 1. The van der Waals surface area contributed by atoms with Gasteiger partial charge >= 0.3 is 0 Å². The number of amides is 1. The number of hydrogen-bond donors (Lipinski definition) is 1. The molecule has 0 unspecified atom stereocenters. The Bertz CT molecular complexity index is 575. The van der Waals surface area contributed by atoms with Crippen LogP contribution < -0.4 is 5.32 Å². The number of nitrogens with one attached hydrogen (secondary N) is 1. The van der Waals surface area contributed by atoms with E-state index in [9.17, 15) is 4.79 Å². The van der Waals surface area contributed by atoms with Gasteiger partial charge < -0.3 is 10.1 Å². The molecule has 0 aliphatic heterocycles. The van der Waals surface area contributed by atoms with Crippen molar-refractivity contribution in [1.82, 2.24) is 14.7 Å². The molecule has 1 amide bonds. The van der Waals surface area contributed by atoms with E-state index in [0.29, 0.717) is 18.8 Å². The van der Waals surface area contributed by atoms with Crippen LogP contribution >= 0.6 is 0 Å². The number of carbonyl (C=O) groups excluding carboxylic acids is 1. The summed E-state index contributed by atoms with van der Waals surface area (Å²) in [5.74, 6) is -0.124. The smallest absolute Gasteiger partial charge is 0.270 e. The molecule has 0 saturated heterocycles. The summed E-state index contributed by atoms with van der Waals surface area (Å²) in [6, 6.07) is 3.92. The molecule has 2 aromatic heterocycles. The molecule has 0 aromatic carbocycles. The van der Waals surface area contributed by atoms with Crippen molar-refractivity contribution in [2.24, 2.45) is 0 Å². The number of imidazole rings is 1. The lowest BCUT2D eigenvalue weighted by molar-refractivity contribution is 0.0930. The minimum atomic E-state index is -0.124. The number of aryl methyl sites for hydroxylation is 2. The predicted octanol–water partition coefficient (Wildman–Crippen LogP) is 1.33. The van der Waals surface area contributed by atoms with E-state index in [1.54, 1.807) is 7.11 Å². The molecule has 96 valence electrons. The number of nitrogens with zero attached hydrogens (tertiary/aromatic N) is 2. The zero-order chi connectivity index (χ0) is 13.1. The summed E-state index contributed by atoms with van der Waals surface area (Å²) in [6.45, 7) is 4.84. The molecular weight excluding hydrogens is 230 g/mol. The molecule has 5 nitrogen and oxygen atoms in total. The summed E-state index contributed by atoms with van der Waals surface area (Å²) >= 11 is 0. The van der Waals surface area contributed by atoms with Gasteiger partial charge in [-0.1, -0.05) is 0 Å². The minimum absolute atomic E-state index is 0.124. The van der Waals surface area contributed by atoms with Gasteiger partial charge in [-0.05, 0) is 31.5 Å². The van der Waals surface area contributed by atoms with Gasteiger partial charge in [-0.3, -0.25) is 9.20 Å². The van der Waals surface area contributed by atoms with Crippen LogP contribution in [0.15, 0.2) is 18.3 Å². The van der Waals surface area contributed by atoms with Crippen molar-refractivity contribution in [3.05, 3.63) is 35.3 Å². The Labute approximate surface area is 106 Å². The summed E-state index contributed by atoms with van der Waals surface area (Å²) in [5, 5.41) is 2.81. The fraction of sp³-hybridized carbons (Fsp3) is 0.385. The second-order valence-electron chi connectivity index (χ2n) is 4.23. The van der Waals surface area contributed by atoms with E-state index < -0.39 is 0 Å². The van der Waals surface area contributed by atoms with Gasteiger partial charge in [0, 0.05) is 19.9 Å². The summed E-state index contributed by atoms with van der Waals surface area (Å²) in [7, 11) is 1.61. The van der Waals surface area contributed by atoms with Gasteiger partial charge in [0.15, 0.2) is 0 Å². The molecule has 5 heteroatoms. The second-order valence-corrected chi connectivity index (χ2v) is 4.23. The normalized spacial score (nSPS) is 10.8. The number of rotatable bonds is 4. The number of carbonyl (C=O) groups is 1. The standard InChI is InChI=1S/C13H17N3O2/c1-9-4-6-16-11(8-9)15-10(2)12(16)13(17)14-5-7-18-3/h4,6,8H,5,7H2,1-3H3,(H,14,17). The van der Waals surface area contributed by atoms with Crippen LogP contribution in [0.4, 0.5) is 0 Å². The monoisotopic (exact) mass is 247 g/mol. The highest BCUT2D eigenvalue weighted by atomic mass is 16.5. The van der Waals surface area contributed by atoms with Crippen molar-refractivity contribution < 1.29 is 9.53 Å². The largest absolute Gasteiger partial charge is 0.383 e. The summed E-state index contributed by atoms with van der Waals surface area (Å²) in [5.41, 5.74) is 3.24. The molecule has 2 heterocycles. The molecule has 18 heavy (non-hydrogen) atoms. The number of aromatic nitrogens is 2. The number of fused-ring (bicyclic) bond motifs is 1. The molecule has 0 atom stereocenters. The molecule has 0 aliphatic rings. The van der Waals surface area contributed by atoms with Crippen LogP contribution in [0.3, 0.4) is 0 Å². The number of hydrogen-bond acceptors (Lipinski definition) is 3. The lowest BCUT2D eigenvalue weighted by Gasteiger charge is -2.05. The second kappa shape index (κ2) is 5.18. The van der Waals surface area contributed by atoms with Crippen molar-refractivity contribution >= 4 is 11.6 Å². The Kier molecular flexibility index (Phi) is 3.62. The third-order valence-electron chi connectivity index (χ3n) is 2.76. The maximum Gasteiger partial charge on any atom is 0.270 e. The van der Waals surface area contributed by atoms with Gasteiger partial charge in [-0.15, -0.1) is 0 Å². The first-order chi connectivity index (χ1) is 8.63. The zero-order valence-corrected chi connectivity index (χ0v) is 10.9. The van der Waals surface area contributed by atoms with Crippen LogP contribution in [0, 0.1) is 13.8 Å².